The molecule has 0 bridgehead atoms. The van der Waals surface area contributed by atoms with E-state index >= 15 is 0 Å². The summed E-state index contributed by atoms with van der Waals surface area (Å²) in [5, 5.41) is 0.172. The predicted molar refractivity (Wildman–Crippen MR) is 106 cm³/mol. The third kappa shape index (κ3) is 5.56. The minimum Gasteiger partial charge on any atom is -0.261 e. The van der Waals surface area contributed by atoms with Gasteiger partial charge in [-0.2, -0.15) is 4.31 Å². The molecule has 0 N–H and O–H groups in total. The third-order valence-electron chi connectivity index (χ3n) is 4.02. The fraction of sp³-hybridized carbons (Fsp3) is 0.211. The first kappa shape index (κ1) is 19.4. The minimum absolute atomic E-state index is 0.172. The first-order valence-electron chi connectivity index (χ1n) is 8.35. The van der Waals surface area contributed by atoms with Gasteiger partial charge in [0.15, 0.2) is 0 Å². The molecule has 0 saturated carbocycles. The molecule has 0 aliphatic heterocycles. The molecular weight excluding hydrogens is 384 g/mol. The number of hydrogen-bond acceptors (Lipinski definition) is 5. The van der Waals surface area contributed by atoms with Gasteiger partial charge in [-0.15, -0.1) is 0 Å². The SMILES string of the molecule is CS(=O)(=O)N(CCc1ccccn1)Cc1cccc(-c2ccnc(Cl)n2)c1. The molecule has 3 aromatic rings. The van der Waals surface area contributed by atoms with Crippen molar-refractivity contribution in [1.29, 1.82) is 0 Å². The average molecular weight is 403 g/mol. The number of sulfonamides is 1. The fourth-order valence-electron chi connectivity index (χ4n) is 2.68. The molecule has 1 aromatic carbocycles. The van der Waals surface area contributed by atoms with Crippen LogP contribution in [0.3, 0.4) is 0 Å². The molecule has 2 heterocycles. The number of pyridine rings is 1. The Hall–Kier alpha value is -2.35. The quantitative estimate of drug-likeness (QED) is 0.567. The maximum Gasteiger partial charge on any atom is 0.222 e. The maximum atomic E-state index is 12.2. The highest BCUT2D eigenvalue weighted by Crippen LogP contribution is 2.20. The Bertz CT molecular complexity index is 1010. The summed E-state index contributed by atoms with van der Waals surface area (Å²) in [4.78, 5) is 12.3. The van der Waals surface area contributed by atoms with Gasteiger partial charge in [-0.3, -0.25) is 4.98 Å². The molecule has 0 unspecified atom stereocenters. The van der Waals surface area contributed by atoms with E-state index in [1.54, 1.807) is 18.5 Å². The second-order valence-electron chi connectivity index (χ2n) is 6.08. The summed E-state index contributed by atoms with van der Waals surface area (Å²) in [5.41, 5.74) is 3.27. The molecule has 3 rings (SSSR count). The Morgan fingerprint density at radius 2 is 1.89 bits per heavy atom. The van der Waals surface area contributed by atoms with Crippen LogP contribution in [-0.4, -0.2) is 40.5 Å². The Morgan fingerprint density at radius 3 is 2.59 bits per heavy atom. The summed E-state index contributed by atoms with van der Waals surface area (Å²) in [6.07, 6.45) is 5.07. The lowest BCUT2D eigenvalue weighted by Crippen LogP contribution is -2.31. The highest BCUT2D eigenvalue weighted by molar-refractivity contribution is 7.88. The van der Waals surface area contributed by atoms with Crippen molar-refractivity contribution < 1.29 is 8.42 Å². The summed E-state index contributed by atoms with van der Waals surface area (Å²) < 4.78 is 25.9. The van der Waals surface area contributed by atoms with E-state index in [1.807, 2.05) is 42.5 Å². The summed E-state index contributed by atoms with van der Waals surface area (Å²) >= 11 is 5.86. The van der Waals surface area contributed by atoms with Crippen LogP contribution in [0.5, 0.6) is 0 Å². The van der Waals surface area contributed by atoms with Crippen LogP contribution in [-0.2, 0) is 23.0 Å². The molecular formula is C19H19ClN4O2S. The van der Waals surface area contributed by atoms with Crippen LogP contribution < -0.4 is 0 Å². The van der Waals surface area contributed by atoms with E-state index < -0.39 is 10.0 Å². The molecule has 0 aliphatic rings. The van der Waals surface area contributed by atoms with Crippen LogP contribution in [0.25, 0.3) is 11.3 Å². The highest BCUT2D eigenvalue weighted by Gasteiger charge is 2.17. The topological polar surface area (TPSA) is 76.1 Å². The second-order valence-corrected chi connectivity index (χ2v) is 8.40. The number of aromatic nitrogens is 3. The van der Waals surface area contributed by atoms with Crippen LogP contribution in [0.2, 0.25) is 5.28 Å². The van der Waals surface area contributed by atoms with E-state index in [4.69, 9.17) is 11.6 Å². The van der Waals surface area contributed by atoms with E-state index in [1.165, 1.54) is 10.6 Å². The number of halogens is 1. The van der Waals surface area contributed by atoms with Crippen molar-refractivity contribution in [3.05, 3.63) is 77.5 Å². The van der Waals surface area contributed by atoms with Crippen LogP contribution in [0.4, 0.5) is 0 Å². The number of rotatable bonds is 7. The Morgan fingerprint density at radius 1 is 1.04 bits per heavy atom. The molecule has 6 nitrogen and oxygen atoms in total. The smallest absolute Gasteiger partial charge is 0.222 e. The van der Waals surface area contributed by atoms with Crippen molar-refractivity contribution in [2.45, 2.75) is 13.0 Å². The Labute approximate surface area is 163 Å². The van der Waals surface area contributed by atoms with Gasteiger partial charge in [0.05, 0.1) is 11.9 Å². The lowest BCUT2D eigenvalue weighted by molar-refractivity contribution is 0.412. The Kier molecular flexibility index (Phi) is 6.15. The van der Waals surface area contributed by atoms with Gasteiger partial charge in [-0.25, -0.2) is 18.4 Å². The minimum atomic E-state index is -3.36. The monoisotopic (exact) mass is 402 g/mol. The molecule has 0 saturated heterocycles. The molecule has 0 atom stereocenters. The van der Waals surface area contributed by atoms with Gasteiger partial charge in [-0.05, 0) is 41.4 Å². The van der Waals surface area contributed by atoms with Crippen LogP contribution in [0.15, 0.2) is 60.9 Å². The molecule has 0 aliphatic carbocycles. The summed E-state index contributed by atoms with van der Waals surface area (Å²) in [6.45, 7) is 0.637. The maximum absolute atomic E-state index is 12.2. The highest BCUT2D eigenvalue weighted by atomic mass is 35.5. The fourth-order valence-corrected chi connectivity index (χ4v) is 3.63. The Balaban J connectivity index is 1.79. The zero-order valence-corrected chi connectivity index (χ0v) is 16.4. The molecule has 8 heteroatoms. The van der Waals surface area contributed by atoms with Gasteiger partial charge in [0.2, 0.25) is 15.3 Å². The van der Waals surface area contributed by atoms with Crippen LogP contribution in [0.1, 0.15) is 11.3 Å². The summed E-state index contributed by atoms with van der Waals surface area (Å²) in [7, 11) is -3.36. The van der Waals surface area contributed by atoms with E-state index in [0.29, 0.717) is 18.7 Å². The van der Waals surface area contributed by atoms with Crippen molar-refractivity contribution in [2.75, 3.05) is 12.8 Å². The third-order valence-corrected chi connectivity index (χ3v) is 5.45. The first-order valence-corrected chi connectivity index (χ1v) is 10.6. The molecule has 0 amide bonds. The number of benzene rings is 1. The molecule has 0 radical (unpaired) electrons. The van der Waals surface area contributed by atoms with Gasteiger partial charge in [0.25, 0.3) is 0 Å². The van der Waals surface area contributed by atoms with Gasteiger partial charge in [0.1, 0.15) is 0 Å². The van der Waals surface area contributed by atoms with Crippen molar-refractivity contribution in [1.82, 2.24) is 19.3 Å². The average Bonchev–Trinajstić information content (AvgIpc) is 2.65. The van der Waals surface area contributed by atoms with Crippen molar-refractivity contribution in [3.8, 4) is 11.3 Å². The van der Waals surface area contributed by atoms with E-state index in [9.17, 15) is 8.42 Å². The largest absolute Gasteiger partial charge is 0.261 e. The number of nitrogens with zero attached hydrogens (tertiary/aromatic N) is 4. The van der Waals surface area contributed by atoms with Crippen molar-refractivity contribution >= 4 is 21.6 Å². The van der Waals surface area contributed by atoms with Gasteiger partial charge < -0.3 is 0 Å². The zero-order valence-electron chi connectivity index (χ0n) is 14.8. The van der Waals surface area contributed by atoms with Crippen molar-refractivity contribution in [2.24, 2.45) is 0 Å². The van der Waals surface area contributed by atoms with Gasteiger partial charge in [-0.1, -0.05) is 24.3 Å². The lowest BCUT2D eigenvalue weighted by atomic mass is 10.1. The first-order chi connectivity index (χ1) is 12.9. The summed E-state index contributed by atoms with van der Waals surface area (Å²) in [5.74, 6) is 0. The molecule has 0 spiro atoms. The lowest BCUT2D eigenvalue weighted by Gasteiger charge is -2.20. The normalized spacial score (nSPS) is 11.7. The molecule has 2 aromatic heterocycles. The van der Waals surface area contributed by atoms with Gasteiger partial charge in [0, 0.05) is 43.2 Å². The van der Waals surface area contributed by atoms with E-state index in [2.05, 4.69) is 15.0 Å². The molecule has 140 valence electrons. The predicted octanol–water partition coefficient (Wildman–Crippen LogP) is 3.20. The van der Waals surface area contributed by atoms with Crippen LogP contribution >= 0.6 is 11.6 Å². The van der Waals surface area contributed by atoms with Crippen LogP contribution in [0, 0.1) is 0 Å². The molecule has 27 heavy (non-hydrogen) atoms. The van der Waals surface area contributed by atoms with E-state index in [0.717, 1.165) is 16.8 Å². The van der Waals surface area contributed by atoms with Gasteiger partial charge >= 0.3 is 0 Å². The standard InChI is InChI=1S/C19H19ClN4O2S/c1-27(25,26)24(12-9-17-7-2-3-10-21-17)14-15-5-4-6-16(13-15)18-8-11-22-19(20)23-18/h2-8,10-11,13H,9,12,14H2,1H3. The summed E-state index contributed by atoms with van der Waals surface area (Å²) in [6, 6.07) is 15.0. The molecule has 0 fully saturated rings. The zero-order chi connectivity index (χ0) is 19.3. The van der Waals surface area contributed by atoms with E-state index in [-0.39, 0.29) is 11.8 Å². The second kappa shape index (κ2) is 8.56. The number of hydrogen-bond donors (Lipinski definition) is 0. The van der Waals surface area contributed by atoms with Crippen molar-refractivity contribution in [3.63, 3.8) is 0 Å².